The molecule has 0 aliphatic rings. The van der Waals surface area contributed by atoms with Crippen LogP contribution in [0, 0.1) is 5.82 Å². The number of aromatic nitrogens is 1. The summed E-state index contributed by atoms with van der Waals surface area (Å²) in [5.74, 6) is -1.67. The van der Waals surface area contributed by atoms with Crippen LogP contribution in [0.2, 0.25) is 0 Å². The Bertz CT molecular complexity index is 1190. The molecule has 0 amide bonds. The van der Waals surface area contributed by atoms with Gasteiger partial charge in [0.25, 0.3) is 10.0 Å². The Morgan fingerprint density at radius 2 is 1.88 bits per heavy atom. The molecule has 0 radical (unpaired) electrons. The standard InChI is InChI=1S/C23H24FN3O4S/c1-2-3-12-27(16-17-8-5-4-6-9-17)22-21(23(28)29)14-19(15-25-22)26-32(30,31)20-11-7-10-18(24)13-20/h4-11,13-15,26H,2-3,12,16H2,1H3,(H,28,29). The molecule has 0 aliphatic heterocycles. The first-order valence-electron chi connectivity index (χ1n) is 10.1. The van der Waals surface area contributed by atoms with E-state index in [0.29, 0.717) is 13.1 Å². The van der Waals surface area contributed by atoms with Crippen LogP contribution in [0.1, 0.15) is 35.7 Å². The topological polar surface area (TPSA) is 99.6 Å². The Labute approximate surface area is 186 Å². The van der Waals surface area contributed by atoms with Crippen LogP contribution in [0.5, 0.6) is 0 Å². The van der Waals surface area contributed by atoms with Crippen LogP contribution >= 0.6 is 0 Å². The summed E-state index contributed by atoms with van der Waals surface area (Å²) in [6, 6.07) is 15.4. The molecule has 3 aromatic rings. The number of carboxylic acid groups (broad SMARTS) is 1. The lowest BCUT2D eigenvalue weighted by atomic mass is 10.1. The second-order valence-electron chi connectivity index (χ2n) is 7.22. The smallest absolute Gasteiger partial charge is 0.339 e. The summed E-state index contributed by atoms with van der Waals surface area (Å²) in [5.41, 5.74) is 0.847. The lowest BCUT2D eigenvalue weighted by molar-refractivity contribution is 0.0697. The van der Waals surface area contributed by atoms with E-state index in [0.717, 1.165) is 30.5 Å². The summed E-state index contributed by atoms with van der Waals surface area (Å²) in [5, 5.41) is 9.79. The zero-order valence-electron chi connectivity index (χ0n) is 17.5. The number of sulfonamides is 1. The number of carbonyl (C=O) groups is 1. The Hall–Kier alpha value is -3.46. The third kappa shape index (κ3) is 5.82. The summed E-state index contributed by atoms with van der Waals surface area (Å²) >= 11 is 0. The fourth-order valence-corrected chi connectivity index (χ4v) is 4.25. The number of benzene rings is 2. The first kappa shape index (κ1) is 23.2. The van der Waals surface area contributed by atoms with E-state index in [9.17, 15) is 22.7 Å². The maximum atomic E-state index is 13.4. The van der Waals surface area contributed by atoms with Crippen LogP contribution in [0.25, 0.3) is 0 Å². The molecule has 0 saturated heterocycles. The van der Waals surface area contributed by atoms with Gasteiger partial charge in [-0.25, -0.2) is 22.6 Å². The van der Waals surface area contributed by atoms with Gasteiger partial charge < -0.3 is 10.0 Å². The minimum Gasteiger partial charge on any atom is -0.478 e. The number of carboxylic acids is 1. The van der Waals surface area contributed by atoms with Gasteiger partial charge in [-0.05, 0) is 36.2 Å². The predicted molar refractivity (Wildman–Crippen MR) is 121 cm³/mol. The van der Waals surface area contributed by atoms with E-state index >= 15 is 0 Å². The lowest BCUT2D eigenvalue weighted by Crippen LogP contribution is -2.27. The molecule has 168 valence electrons. The van der Waals surface area contributed by atoms with Crippen LogP contribution in [0.4, 0.5) is 15.9 Å². The molecule has 9 heteroatoms. The van der Waals surface area contributed by atoms with E-state index in [2.05, 4.69) is 9.71 Å². The molecule has 2 N–H and O–H groups in total. The maximum absolute atomic E-state index is 13.4. The van der Waals surface area contributed by atoms with Crippen molar-refractivity contribution in [1.29, 1.82) is 0 Å². The normalized spacial score (nSPS) is 11.2. The van der Waals surface area contributed by atoms with Crippen molar-refractivity contribution in [2.45, 2.75) is 31.2 Å². The summed E-state index contributed by atoms with van der Waals surface area (Å²) in [7, 11) is -4.11. The zero-order chi connectivity index (χ0) is 23.1. The molecule has 0 spiro atoms. The van der Waals surface area contributed by atoms with Crippen LogP contribution in [0.15, 0.2) is 71.8 Å². The van der Waals surface area contributed by atoms with Gasteiger partial charge in [0.05, 0.1) is 16.8 Å². The number of rotatable bonds is 10. The van der Waals surface area contributed by atoms with Crippen LogP contribution in [-0.2, 0) is 16.6 Å². The van der Waals surface area contributed by atoms with Crippen molar-refractivity contribution in [3.8, 4) is 0 Å². The van der Waals surface area contributed by atoms with Crippen LogP contribution < -0.4 is 9.62 Å². The molecule has 0 bridgehead atoms. The van der Waals surface area contributed by atoms with Gasteiger partial charge in [-0.2, -0.15) is 0 Å². The van der Waals surface area contributed by atoms with Gasteiger partial charge in [-0.3, -0.25) is 4.72 Å². The summed E-state index contributed by atoms with van der Waals surface area (Å²) in [6.45, 7) is 3.09. The molecule has 32 heavy (non-hydrogen) atoms. The van der Waals surface area contributed by atoms with Crippen LogP contribution in [-0.4, -0.2) is 31.0 Å². The van der Waals surface area contributed by atoms with Gasteiger partial charge >= 0.3 is 5.97 Å². The molecule has 1 aromatic heterocycles. The second-order valence-corrected chi connectivity index (χ2v) is 8.91. The molecule has 0 unspecified atom stereocenters. The fourth-order valence-electron chi connectivity index (χ4n) is 3.18. The number of nitrogens with one attached hydrogen (secondary N) is 1. The first-order valence-corrected chi connectivity index (χ1v) is 11.6. The van der Waals surface area contributed by atoms with E-state index in [1.165, 1.54) is 24.4 Å². The van der Waals surface area contributed by atoms with Gasteiger partial charge in [-0.1, -0.05) is 49.7 Å². The molecule has 2 aromatic carbocycles. The largest absolute Gasteiger partial charge is 0.478 e. The number of hydrogen-bond donors (Lipinski definition) is 2. The Morgan fingerprint density at radius 3 is 2.53 bits per heavy atom. The Morgan fingerprint density at radius 1 is 1.12 bits per heavy atom. The van der Waals surface area contributed by atoms with E-state index in [1.54, 1.807) is 0 Å². The van der Waals surface area contributed by atoms with Crippen molar-refractivity contribution in [3.63, 3.8) is 0 Å². The van der Waals surface area contributed by atoms with Crippen molar-refractivity contribution >= 4 is 27.5 Å². The molecule has 7 nitrogen and oxygen atoms in total. The first-order chi connectivity index (χ1) is 15.3. The SMILES string of the molecule is CCCCN(Cc1ccccc1)c1ncc(NS(=O)(=O)c2cccc(F)c2)cc1C(=O)O. The van der Waals surface area contributed by atoms with Gasteiger partial charge in [0, 0.05) is 13.1 Å². The number of aromatic carboxylic acids is 1. The number of anilines is 2. The van der Waals surface area contributed by atoms with E-state index in [1.807, 2.05) is 42.2 Å². The van der Waals surface area contributed by atoms with Crippen molar-refractivity contribution in [2.75, 3.05) is 16.2 Å². The number of halogens is 1. The highest BCUT2D eigenvalue weighted by Gasteiger charge is 2.21. The van der Waals surface area contributed by atoms with Gasteiger partial charge in [-0.15, -0.1) is 0 Å². The van der Waals surface area contributed by atoms with E-state index in [4.69, 9.17) is 0 Å². The highest BCUT2D eigenvalue weighted by Crippen LogP contribution is 2.25. The molecular weight excluding hydrogens is 433 g/mol. The van der Waals surface area contributed by atoms with Crippen molar-refractivity contribution in [1.82, 2.24) is 4.98 Å². The fraction of sp³-hybridized carbons (Fsp3) is 0.217. The highest BCUT2D eigenvalue weighted by molar-refractivity contribution is 7.92. The minimum absolute atomic E-state index is 0.0226. The zero-order valence-corrected chi connectivity index (χ0v) is 18.3. The van der Waals surface area contributed by atoms with Crippen LogP contribution in [0.3, 0.4) is 0 Å². The number of nitrogens with zero attached hydrogens (tertiary/aromatic N) is 2. The Kier molecular flexibility index (Phi) is 7.42. The summed E-state index contributed by atoms with van der Waals surface area (Å²) in [4.78, 5) is 17.9. The van der Waals surface area contributed by atoms with E-state index in [-0.39, 0.29) is 22.0 Å². The third-order valence-electron chi connectivity index (χ3n) is 4.75. The summed E-state index contributed by atoms with van der Waals surface area (Å²) < 4.78 is 40.9. The molecule has 1 heterocycles. The van der Waals surface area contributed by atoms with E-state index < -0.39 is 21.8 Å². The monoisotopic (exact) mass is 457 g/mol. The number of unbranched alkanes of at least 4 members (excludes halogenated alkanes) is 1. The van der Waals surface area contributed by atoms with Gasteiger partial charge in [0.15, 0.2) is 0 Å². The second kappa shape index (κ2) is 10.2. The minimum atomic E-state index is -4.11. The lowest BCUT2D eigenvalue weighted by Gasteiger charge is -2.25. The molecule has 0 fully saturated rings. The molecular formula is C23H24FN3O4S. The summed E-state index contributed by atoms with van der Waals surface area (Å²) in [6.07, 6.45) is 3.02. The maximum Gasteiger partial charge on any atom is 0.339 e. The quantitative estimate of drug-likeness (QED) is 0.464. The van der Waals surface area contributed by atoms with Gasteiger partial charge in [0.1, 0.15) is 17.2 Å². The van der Waals surface area contributed by atoms with Crippen molar-refractivity contribution < 1.29 is 22.7 Å². The number of pyridine rings is 1. The Balaban J connectivity index is 1.94. The highest BCUT2D eigenvalue weighted by atomic mass is 32.2. The van der Waals surface area contributed by atoms with Crippen molar-refractivity contribution in [3.05, 3.63) is 83.8 Å². The molecule has 0 saturated carbocycles. The molecule has 0 aliphatic carbocycles. The molecule has 0 atom stereocenters. The average molecular weight is 458 g/mol. The molecule has 3 rings (SSSR count). The number of hydrogen-bond acceptors (Lipinski definition) is 5. The average Bonchev–Trinajstić information content (AvgIpc) is 2.77. The van der Waals surface area contributed by atoms with Crippen molar-refractivity contribution in [2.24, 2.45) is 0 Å². The predicted octanol–water partition coefficient (Wildman–Crippen LogP) is 4.53. The van der Waals surface area contributed by atoms with Gasteiger partial charge in [0.2, 0.25) is 0 Å². The third-order valence-corrected chi connectivity index (χ3v) is 6.13.